The minimum absolute atomic E-state index is 0.340. The smallest absolute Gasteiger partial charge is 0.308 e. The van der Waals surface area contributed by atoms with Crippen molar-refractivity contribution in [3.63, 3.8) is 0 Å². The maximum Gasteiger partial charge on any atom is 0.308 e. The number of nitrogens with one attached hydrogen (secondary N) is 1. The van der Waals surface area contributed by atoms with Crippen LogP contribution in [0.25, 0.3) is 21.8 Å². The Kier molecular flexibility index (Phi) is 2.92. The summed E-state index contributed by atoms with van der Waals surface area (Å²) in [6.45, 7) is 1.31. The summed E-state index contributed by atoms with van der Waals surface area (Å²) in [5.74, 6) is -0.226. The van der Waals surface area contributed by atoms with Gasteiger partial charge in [0, 0.05) is 41.6 Å². The van der Waals surface area contributed by atoms with E-state index in [2.05, 4.69) is 25.1 Å². The number of hydrogen-bond acceptors (Lipinski definition) is 5. The predicted octanol–water partition coefficient (Wildman–Crippen LogP) is 1.81. The number of rotatable bonds is 2. The van der Waals surface area contributed by atoms with Crippen LogP contribution in [0.15, 0.2) is 24.7 Å². The standard InChI is InChI=1S/C15H15N5O2/c21-15(22)9-2-1-5-20(8-9)14-12-10(7-18-19-14)6-17-13-11(12)3-4-16-13/h3-4,6-7,9,19H,1-2,5,8H2,(H,21,22). The number of aromatic nitrogens is 4. The van der Waals surface area contributed by atoms with Crippen molar-refractivity contribution in [2.45, 2.75) is 12.8 Å². The summed E-state index contributed by atoms with van der Waals surface area (Å²) in [6, 6.07) is 1.93. The number of carboxylic acid groups (broad SMARTS) is 1. The van der Waals surface area contributed by atoms with Gasteiger partial charge in [0.15, 0.2) is 5.65 Å². The second-order valence-corrected chi connectivity index (χ2v) is 5.61. The maximum absolute atomic E-state index is 11.3. The molecular weight excluding hydrogens is 282 g/mol. The number of nitrogens with zero attached hydrogens (tertiary/aromatic N) is 4. The van der Waals surface area contributed by atoms with Gasteiger partial charge in [0.2, 0.25) is 0 Å². The van der Waals surface area contributed by atoms with Crippen LogP contribution in [-0.4, -0.2) is 44.3 Å². The molecular formula is C15H15N5O2. The molecule has 22 heavy (non-hydrogen) atoms. The van der Waals surface area contributed by atoms with Gasteiger partial charge in [0.1, 0.15) is 5.82 Å². The Balaban J connectivity index is 1.87. The zero-order valence-corrected chi connectivity index (χ0v) is 11.9. The number of hydrogen-bond donors (Lipinski definition) is 2. The average Bonchev–Trinajstić information content (AvgIpc) is 3.03. The zero-order valence-electron chi connectivity index (χ0n) is 11.9. The van der Waals surface area contributed by atoms with Crippen LogP contribution in [0.5, 0.6) is 0 Å². The van der Waals surface area contributed by atoms with E-state index in [0.29, 0.717) is 12.2 Å². The first-order valence-corrected chi connectivity index (χ1v) is 7.28. The molecule has 1 saturated heterocycles. The lowest BCUT2D eigenvalue weighted by Gasteiger charge is -2.32. The Hall–Kier alpha value is -2.70. The van der Waals surface area contributed by atoms with Crippen LogP contribution in [0.4, 0.5) is 5.82 Å². The number of aliphatic carboxylic acids is 1. The van der Waals surface area contributed by atoms with Gasteiger partial charge in [-0.3, -0.25) is 9.89 Å². The van der Waals surface area contributed by atoms with Crippen LogP contribution in [0, 0.1) is 5.92 Å². The van der Waals surface area contributed by atoms with Gasteiger partial charge in [-0.25, -0.2) is 9.97 Å². The van der Waals surface area contributed by atoms with Gasteiger partial charge in [-0.2, -0.15) is 5.10 Å². The van der Waals surface area contributed by atoms with Crippen molar-refractivity contribution in [3.05, 3.63) is 24.7 Å². The second kappa shape index (κ2) is 4.94. The van der Waals surface area contributed by atoms with Crippen LogP contribution < -0.4 is 4.90 Å². The van der Waals surface area contributed by atoms with Gasteiger partial charge < -0.3 is 10.0 Å². The Bertz CT molecular complexity index is 859. The molecule has 0 amide bonds. The highest BCUT2D eigenvalue weighted by atomic mass is 16.4. The molecule has 7 nitrogen and oxygen atoms in total. The molecule has 0 aliphatic carbocycles. The van der Waals surface area contributed by atoms with Gasteiger partial charge in [-0.05, 0) is 18.9 Å². The molecule has 1 aliphatic heterocycles. The van der Waals surface area contributed by atoms with E-state index in [-0.39, 0.29) is 5.92 Å². The summed E-state index contributed by atoms with van der Waals surface area (Å²) < 4.78 is 0. The van der Waals surface area contributed by atoms with E-state index in [9.17, 15) is 9.90 Å². The number of pyridine rings is 1. The number of H-pyrrole nitrogens is 1. The minimum Gasteiger partial charge on any atom is -0.481 e. The Morgan fingerprint density at radius 2 is 2.27 bits per heavy atom. The highest BCUT2D eigenvalue weighted by Gasteiger charge is 2.27. The van der Waals surface area contributed by atoms with Gasteiger partial charge in [-0.15, -0.1) is 0 Å². The third kappa shape index (κ3) is 1.97. The quantitative estimate of drug-likeness (QED) is 0.749. The molecule has 3 aromatic heterocycles. The summed E-state index contributed by atoms with van der Waals surface area (Å²) >= 11 is 0. The van der Waals surface area contributed by atoms with Gasteiger partial charge in [0.05, 0.1) is 12.1 Å². The lowest BCUT2D eigenvalue weighted by molar-refractivity contribution is -0.141. The molecule has 0 saturated carbocycles. The maximum atomic E-state index is 11.3. The van der Waals surface area contributed by atoms with Crippen LogP contribution in [0.2, 0.25) is 0 Å². The van der Waals surface area contributed by atoms with Gasteiger partial charge in [-0.1, -0.05) is 0 Å². The van der Waals surface area contributed by atoms with Crippen molar-refractivity contribution in [1.82, 2.24) is 20.2 Å². The van der Waals surface area contributed by atoms with Crippen molar-refractivity contribution < 1.29 is 9.90 Å². The lowest BCUT2D eigenvalue weighted by Crippen LogP contribution is -2.39. The highest BCUT2D eigenvalue weighted by molar-refractivity contribution is 6.10. The Labute approximate surface area is 126 Å². The topological polar surface area (TPSA) is 95.0 Å². The molecule has 0 spiro atoms. The summed E-state index contributed by atoms with van der Waals surface area (Å²) in [7, 11) is 0. The first-order chi connectivity index (χ1) is 10.7. The lowest BCUT2D eigenvalue weighted by atomic mass is 9.98. The normalized spacial score (nSPS) is 18.9. The Morgan fingerprint density at radius 3 is 3.14 bits per heavy atom. The van der Waals surface area contributed by atoms with Crippen LogP contribution in [0.1, 0.15) is 12.8 Å². The molecule has 2 N–H and O–H groups in total. The van der Waals surface area contributed by atoms with Crippen molar-refractivity contribution in [3.8, 4) is 0 Å². The summed E-state index contributed by atoms with van der Waals surface area (Å²) in [4.78, 5) is 21.9. The Morgan fingerprint density at radius 1 is 1.36 bits per heavy atom. The fraction of sp³-hybridized carbons (Fsp3) is 0.333. The van der Waals surface area contributed by atoms with E-state index < -0.39 is 5.97 Å². The third-order valence-corrected chi connectivity index (χ3v) is 4.26. The SMILES string of the molecule is O=C(O)C1CCCN(c2[nH]ncc3cnc4nccc4c23)C1. The molecule has 4 heterocycles. The monoisotopic (exact) mass is 297 g/mol. The van der Waals surface area contributed by atoms with E-state index in [4.69, 9.17) is 0 Å². The van der Waals surface area contributed by atoms with E-state index in [1.807, 2.05) is 6.07 Å². The van der Waals surface area contributed by atoms with E-state index in [1.54, 1.807) is 18.6 Å². The molecule has 1 fully saturated rings. The van der Waals surface area contributed by atoms with Crippen molar-refractivity contribution in [2.75, 3.05) is 18.0 Å². The first kappa shape index (κ1) is 13.0. The molecule has 7 heteroatoms. The van der Waals surface area contributed by atoms with E-state index >= 15 is 0 Å². The van der Waals surface area contributed by atoms with Gasteiger partial charge >= 0.3 is 5.97 Å². The molecule has 0 bridgehead atoms. The molecule has 112 valence electrons. The number of piperidine rings is 1. The van der Waals surface area contributed by atoms with E-state index in [1.165, 1.54) is 0 Å². The zero-order chi connectivity index (χ0) is 15.1. The van der Waals surface area contributed by atoms with Crippen molar-refractivity contribution >= 4 is 33.6 Å². The molecule has 0 radical (unpaired) electrons. The van der Waals surface area contributed by atoms with Crippen LogP contribution in [0.3, 0.4) is 0 Å². The molecule has 1 aliphatic rings. The van der Waals surface area contributed by atoms with Crippen molar-refractivity contribution in [1.29, 1.82) is 0 Å². The number of carbonyl (C=O) groups is 1. The number of fused-ring (bicyclic) bond motifs is 3. The molecule has 4 rings (SSSR count). The van der Waals surface area contributed by atoms with E-state index in [0.717, 1.165) is 41.4 Å². The van der Waals surface area contributed by atoms with Gasteiger partial charge in [0.25, 0.3) is 0 Å². The summed E-state index contributed by atoms with van der Waals surface area (Å²) in [5.41, 5.74) is 0.695. The predicted molar refractivity (Wildman–Crippen MR) is 81.8 cm³/mol. The minimum atomic E-state index is -0.736. The molecule has 3 aromatic rings. The molecule has 0 aromatic carbocycles. The first-order valence-electron chi connectivity index (χ1n) is 7.28. The van der Waals surface area contributed by atoms with Crippen LogP contribution in [-0.2, 0) is 4.79 Å². The largest absolute Gasteiger partial charge is 0.481 e. The number of anilines is 1. The van der Waals surface area contributed by atoms with Crippen LogP contribution >= 0.6 is 0 Å². The summed E-state index contributed by atoms with van der Waals surface area (Å²) in [5, 5.41) is 19.4. The fourth-order valence-electron chi connectivity index (χ4n) is 3.17. The number of aromatic amines is 1. The third-order valence-electron chi connectivity index (χ3n) is 4.26. The molecule has 1 unspecified atom stereocenters. The average molecular weight is 297 g/mol. The second-order valence-electron chi connectivity index (χ2n) is 5.61. The summed E-state index contributed by atoms with van der Waals surface area (Å²) in [6.07, 6.45) is 6.80. The molecule has 1 atom stereocenters. The van der Waals surface area contributed by atoms with Crippen molar-refractivity contribution in [2.24, 2.45) is 5.92 Å². The fourth-order valence-corrected chi connectivity index (χ4v) is 3.17. The number of carboxylic acids is 1. The highest BCUT2D eigenvalue weighted by Crippen LogP contribution is 2.32.